The largest absolute Gasteiger partial charge is 0.484 e. The number of halogens is 1. The van der Waals surface area contributed by atoms with E-state index in [0.29, 0.717) is 0 Å². The average molecular weight is 304 g/mol. The Hall–Kier alpha value is -2.96. The van der Waals surface area contributed by atoms with Crippen molar-refractivity contribution in [1.82, 2.24) is 5.32 Å². The highest BCUT2D eigenvalue weighted by Crippen LogP contribution is 2.18. The second-order valence-electron chi connectivity index (χ2n) is 4.45. The minimum atomic E-state index is -0.540. The lowest BCUT2D eigenvalue weighted by Crippen LogP contribution is -2.28. The molecule has 0 bridgehead atoms. The van der Waals surface area contributed by atoms with Crippen molar-refractivity contribution in [2.45, 2.75) is 6.54 Å². The number of hydrogen-bond donors (Lipinski definition) is 1. The molecular formula is C15H13FN2O4. The highest BCUT2D eigenvalue weighted by atomic mass is 19.1. The van der Waals surface area contributed by atoms with Crippen molar-refractivity contribution < 1.29 is 18.8 Å². The van der Waals surface area contributed by atoms with Gasteiger partial charge in [0.25, 0.3) is 11.6 Å². The number of non-ortho nitro benzene ring substituents is 1. The average Bonchev–Trinajstić information content (AvgIpc) is 2.52. The van der Waals surface area contributed by atoms with Gasteiger partial charge in [-0.2, -0.15) is 0 Å². The first-order valence-electron chi connectivity index (χ1n) is 6.43. The van der Waals surface area contributed by atoms with Crippen LogP contribution < -0.4 is 10.1 Å². The molecule has 0 heterocycles. The summed E-state index contributed by atoms with van der Waals surface area (Å²) in [5, 5.41) is 13.2. The fourth-order valence-corrected chi connectivity index (χ4v) is 1.69. The highest BCUT2D eigenvalue weighted by Gasteiger charge is 2.08. The predicted octanol–water partition coefficient (Wildman–Crippen LogP) is 2.43. The fourth-order valence-electron chi connectivity index (χ4n) is 1.69. The Morgan fingerprint density at radius 1 is 1.23 bits per heavy atom. The maximum atomic E-state index is 12.7. The Morgan fingerprint density at radius 2 is 1.95 bits per heavy atom. The third-order valence-electron chi connectivity index (χ3n) is 2.80. The number of benzene rings is 2. The summed E-state index contributed by atoms with van der Waals surface area (Å²) in [7, 11) is 0. The Labute approximate surface area is 125 Å². The number of nitro benzene ring substituents is 1. The molecular weight excluding hydrogens is 291 g/mol. The van der Waals surface area contributed by atoms with E-state index in [4.69, 9.17) is 4.74 Å². The molecule has 1 amide bonds. The van der Waals surface area contributed by atoms with Crippen molar-refractivity contribution in [3.8, 4) is 5.75 Å². The van der Waals surface area contributed by atoms with Gasteiger partial charge in [0.15, 0.2) is 6.61 Å². The SMILES string of the molecule is O=C(COc1cccc([N+](=O)[O-])c1)NCc1ccc(F)cc1. The number of nitro groups is 1. The second kappa shape index (κ2) is 7.16. The standard InChI is InChI=1S/C15H13FN2O4/c16-12-6-4-11(5-7-12)9-17-15(19)10-22-14-3-1-2-13(8-14)18(20)21/h1-8H,9-10H2,(H,17,19). The first-order chi connectivity index (χ1) is 10.5. The number of carbonyl (C=O) groups is 1. The molecule has 0 unspecified atom stereocenters. The van der Waals surface area contributed by atoms with Crippen LogP contribution in [-0.2, 0) is 11.3 Å². The van der Waals surface area contributed by atoms with Crippen molar-refractivity contribution in [1.29, 1.82) is 0 Å². The van der Waals surface area contributed by atoms with E-state index in [1.54, 1.807) is 12.1 Å². The van der Waals surface area contributed by atoms with Crippen LogP contribution in [0.2, 0.25) is 0 Å². The van der Waals surface area contributed by atoms with Gasteiger partial charge in [-0.3, -0.25) is 14.9 Å². The van der Waals surface area contributed by atoms with Crippen molar-refractivity contribution in [3.05, 3.63) is 70.0 Å². The van der Waals surface area contributed by atoms with Gasteiger partial charge in [0, 0.05) is 12.6 Å². The number of hydrogen-bond acceptors (Lipinski definition) is 4. The first kappa shape index (κ1) is 15.4. The lowest BCUT2D eigenvalue weighted by molar-refractivity contribution is -0.384. The van der Waals surface area contributed by atoms with Gasteiger partial charge in [-0.1, -0.05) is 18.2 Å². The lowest BCUT2D eigenvalue weighted by Gasteiger charge is -2.07. The van der Waals surface area contributed by atoms with E-state index in [1.807, 2.05) is 0 Å². The van der Waals surface area contributed by atoms with Crippen LogP contribution in [-0.4, -0.2) is 17.4 Å². The van der Waals surface area contributed by atoms with Crippen molar-refractivity contribution >= 4 is 11.6 Å². The number of carbonyl (C=O) groups excluding carboxylic acids is 1. The van der Waals surface area contributed by atoms with Gasteiger partial charge in [0.1, 0.15) is 11.6 Å². The first-order valence-corrected chi connectivity index (χ1v) is 6.43. The summed E-state index contributed by atoms with van der Waals surface area (Å²) < 4.78 is 17.9. The van der Waals surface area contributed by atoms with Gasteiger partial charge >= 0.3 is 0 Å². The van der Waals surface area contributed by atoms with Crippen LogP contribution in [0.4, 0.5) is 10.1 Å². The monoisotopic (exact) mass is 304 g/mol. The molecule has 6 nitrogen and oxygen atoms in total. The minimum Gasteiger partial charge on any atom is -0.484 e. The maximum Gasteiger partial charge on any atom is 0.273 e. The summed E-state index contributed by atoms with van der Waals surface area (Å²) in [5.41, 5.74) is 0.648. The summed E-state index contributed by atoms with van der Waals surface area (Å²) in [6.45, 7) is -0.0141. The zero-order valence-electron chi connectivity index (χ0n) is 11.5. The lowest BCUT2D eigenvalue weighted by atomic mass is 10.2. The summed E-state index contributed by atoms with van der Waals surface area (Å²) in [6.07, 6.45) is 0. The van der Waals surface area contributed by atoms with E-state index in [0.717, 1.165) is 5.56 Å². The summed E-state index contributed by atoms with van der Waals surface area (Å²) in [4.78, 5) is 21.7. The summed E-state index contributed by atoms with van der Waals surface area (Å²) >= 11 is 0. The van der Waals surface area contributed by atoms with Crippen molar-refractivity contribution in [2.24, 2.45) is 0 Å². The number of ether oxygens (including phenoxy) is 1. The van der Waals surface area contributed by atoms with Gasteiger partial charge in [-0.15, -0.1) is 0 Å². The molecule has 2 rings (SSSR count). The van der Waals surface area contributed by atoms with Crippen LogP contribution in [0.5, 0.6) is 5.75 Å². The van der Waals surface area contributed by atoms with Crippen molar-refractivity contribution in [2.75, 3.05) is 6.61 Å². The molecule has 7 heteroatoms. The zero-order valence-corrected chi connectivity index (χ0v) is 11.5. The predicted molar refractivity (Wildman–Crippen MR) is 76.8 cm³/mol. The summed E-state index contributed by atoms with van der Waals surface area (Å²) in [6, 6.07) is 11.3. The number of amides is 1. The Balaban J connectivity index is 1.81. The molecule has 0 atom stereocenters. The molecule has 0 fully saturated rings. The Morgan fingerprint density at radius 3 is 2.64 bits per heavy atom. The van der Waals surface area contributed by atoms with Crippen LogP contribution >= 0.6 is 0 Å². The van der Waals surface area contributed by atoms with Gasteiger partial charge < -0.3 is 10.1 Å². The van der Waals surface area contributed by atoms with Crippen LogP contribution in [0.1, 0.15) is 5.56 Å². The second-order valence-corrected chi connectivity index (χ2v) is 4.45. The molecule has 2 aromatic rings. The van der Waals surface area contributed by atoms with E-state index in [-0.39, 0.29) is 36.3 Å². The van der Waals surface area contributed by atoms with E-state index >= 15 is 0 Å². The fraction of sp³-hybridized carbons (Fsp3) is 0.133. The smallest absolute Gasteiger partial charge is 0.273 e. The van der Waals surface area contributed by atoms with Gasteiger partial charge in [0.05, 0.1) is 11.0 Å². The zero-order chi connectivity index (χ0) is 15.9. The van der Waals surface area contributed by atoms with E-state index in [9.17, 15) is 19.3 Å². The highest BCUT2D eigenvalue weighted by molar-refractivity contribution is 5.77. The van der Waals surface area contributed by atoms with E-state index in [2.05, 4.69) is 5.32 Å². The third-order valence-corrected chi connectivity index (χ3v) is 2.80. The topological polar surface area (TPSA) is 81.5 Å². The molecule has 0 aliphatic carbocycles. The number of nitrogens with one attached hydrogen (secondary N) is 1. The Bertz CT molecular complexity index is 673. The Kier molecular flexibility index (Phi) is 5.02. The van der Waals surface area contributed by atoms with Gasteiger partial charge in [0.2, 0.25) is 0 Å². The van der Waals surface area contributed by atoms with Crippen molar-refractivity contribution in [3.63, 3.8) is 0 Å². The summed E-state index contributed by atoms with van der Waals surface area (Å²) in [5.74, 6) is -0.481. The maximum absolute atomic E-state index is 12.7. The third kappa shape index (κ3) is 4.55. The molecule has 114 valence electrons. The quantitative estimate of drug-likeness (QED) is 0.656. The molecule has 0 aliphatic rings. The van der Waals surface area contributed by atoms with Crippen LogP contribution in [0.15, 0.2) is 48.5 Å². The van der Waals surface area contributed by atoms with Crippen LogP contribution in [0.3, 0.4) is 0 Å². The molecule has 0 saturated carbocycles. The van der Waals surface area contributed by atoms with E-state index in [1.165, 1.54) is 36.4 Å². The van der Waals surface area contributed by atoms with E-state index < -0.39 is 4.92 Å². The molecule has 0 aliphatic heterocycles. The van der Waals surface area contributed by atoms with Gasteiger partial charge in [-0.25, -0.2) is 4.39 Å². The normalized spacial score (nSPS) is 10.0. The molecule has 22 heavy (non-hydrogen) atoms. The molecule has 0 saturated heterocycles. The van der Waals surface area contributed by atoms with Crippen LogP contribution in [0, 0.1) is 15.9 Å². The minimum absolute atomic E-state index is 0.107. The molecule has 1 N–H and O–H groups in total. The molecule has 2 aromatic carbocycles. The van der Waals surface area contributed by atoms with Crippen LogP contribution in [0.25, 0.3) is 0 Å². The van der Waals surface area contributed by atoms with Gasteiger partial charge in [-0.05, 0) is 23.8 Å². The molecule has 0 aromatic heterocycles. The molecule has 0 radical (unpaired) electrons. The number of rotatable bonds is 6. The molecule has 0 spiro atoms. The number of nitrogens with zero attached hydrogens (tertiary/aromatic N) is 1.